The molecule has 0 bridgehead atoms. The number of benzene rings is 2. The minimum Gasteiger partial charge on any atom is -0.465 e. The number of hydrogen-bond donors (Lipinski definition) is 1. The summed E-state index contributed by atoms with van der Waals surface area (Å²) < 4.78 is 18.5. The highest BCUT2D eigenvalue weighted by molar-refractivity contribution is 7.22. The molecule has 25 heavy (non-hydrogen) atoms. The van der Waals surface area contributed by atoms with Gasteiger partial charge in [-0.1, -0.05) is 23.5 Å². The Morgan fingerprint density at radius 3 is 2.68 bits per heavy atom. The number of anilines is 1. The topological polar surface area (TPSA) is 68.3 Å². The van der Waals surface area contributed by atoms with Crippen LogP contribution in [-0.2, 0) is 9.53 Å². The first-order chi connectivity index (χ1) is 12.0. The third-order valence-corrected chi connectivity index (χ3v) is 4.27. The lowest BCUT2D eigenvalue weighted by Crippen LogP contribution is -2.07. The molecule has 0 aliphatic carbocycles. The molecule has 126 valence electrons. The van der Waals surface area contributed by atoms with Crippen molar-refractivity contribution >= 4 is 44.6 Å². The first-order valence-corrected chi connectivity index (χ1v) is 8.10. The maximum absolute atomic E-state index is 13.2. The summed E-state index contributed by atoms with van der Waals surface area (Å²) in [6.45, 7) is 0. The summed E-state index contributed by atoms with van der Waals surface area (Å²) in [5.74, 6) is -1.11. The molecule has 1 amide bonds. The van der Waals surface area contributed by atoms with Crippen molar-refractivity contribution in [1.82, 2.24) is 4.98 Å². The monoisotopic (exact) mass is 356 g/mol. The van der Waals surface area contributed by atoms with Crippen LogP contribution in [-0.4, -0.2) is 24.0 Å². The molecule has 2 aromatic carbocycles. The van der Waals surface area contributed by atoms with E-state index in [1.165, 1.54) is 36.7 Å². The van der Waals surface area contributed by atoms with Gasteiger partial charge in [0.15, 0.2) is 5.13 Å². The number of aromatic nitrogens is 1. The molecule has 0 aliphatic heterocycles. The highest BCUT2D eigenvalue weighted by Crippen LogP contribution is 2.26. The van der Waals surface area contributed by atoms with E-state index in [1.54, 1.807) is 36.4 Å². The Morgan fingerprint density at radius 2 is 1.96 bits per heavy atom. The van der Waals surface area contributed by atoms with Gasteiger partial charge in [0.1, 0.15) is 5.82 Å². The van der Waals surface area contributed by atoms with Crippen molar-refractivity contribution < 1.29 is 18.7 Å². The Hall–Kier alpha value is -3.06. The van der Waals surface area contributed by atoms with E-state index in [2.05, 4.69) is 15.0 Å². The minimum atomic E-state index is -0.416. The van der Waals surface area contributed by atoms with Crippen LogP contribution in [0.5, 0.6) is 0 Å². The molecule has 0 aliphatic rings. The molecule has 0 unspecified atom stereocenters. The molecule has 0 saturated carbocycles. The number of fused-ring (bicyclic) bond motifs is 1. The van der Waals surface area contributed by atoms with Crippen LogP contribution in [0.1, 0.15) is 15.9 Å². The zero-order valence-electron chi connectivity index (χ0n) is 13.2. The Kier molecular flexibility index (Phi) is 4.85. The summed E-state index contributed by atoms with van der Waals surface area (Å²) in [5, 5.41) is 3.04. The fourth-order valence-corrected chi connectivity index (χ4v) is 3.01. The van der Waals surface area contributed by atoms with Crippen LogP contribution in [0.2, 0.25) is 0 Å². The summed E-state index contributed by atoms with van der Waals surface area (Å²) in [6.07, 6.45) is 2.98. The van der Waals surface area contributed by atoms with E-state index < -0.39 is 5.97 Å². The number of nitrogens with zero attached hydrogens (tertiary/aromatic N) is 1. The average molecular weight is 356 g/mol. The van der Waals surface area contributed by atoms with Gasteiger partial charge in [-0.15, -0.1) is 0 Å². The van der Waals surface area contributed by atoms with Gasteiger partial charge in [0, 0.05) is 6.08 Å². The van der Waals surface area contributed by atoms with Crippen molar-refractivity contribution in [3.63, 3.8) is 0 Å². The lowest BCUT2D eigenvalue weighted by atomic mass is 10.1. The third-order valence-electron chi connectivity index (χ3n) is 3.34. The molecule has 3 rings (SSSR count). The van der Waals surface area contributed by atoms with Crippen molar-refractivity contribution in [3.8, 4) is 0 Å². The van der Waals surface area contributed by atoms with Crippen molar-refractivity contribution in [2.45, 2.75) is 0 Å². The summed E-state index contributed by atoms with van der Waals surface area (Å²) in [5.41, 5.74) is 1.82. The number of esters is 1. The van der Waals surface area contributed by atoms with E-state index in [-0.39, 0.29) is 11.7 Å². The maximum Gasteiger partial charge on any atom is 0.337 e. The fraction of sp³-hybridized carbons (Fsp3) is 0.0556. The zero-order valence-corrected chi connectivity index (χ0v) is 14.0. The molecule has 0 spiro atoms. The molecule has 0 fully saturated rings. The van der Waals surface area contributed by atoms with Crippen LogP contribution in [0.3, 0.4) is 0 Å². The number of halogens is 1. The standard InChI is InChI=1S/C18H13FN2O3S/c1-24-17(23)12-5-2-11(3-6-12)4-9-16(22)21-18-20-14-8-7-13(19)10-15(14)25-18/h2-10H,1H3,(H,20,21,22)/b9-4+. The molecule has 7 heteroatoms. The third kappa shape index (κ3) is 4.07. The van der Waals surface area contributed by atoms with E-state index in [9.17, 15) is 14.0 Å². The van der Waals surface area contributed by atoms with E-state index in [0.29, 0.717) is 20.9 Å². The van der Waals surface area contributed by atoms with Gasteiger partial charge in [-0.2, -0.15) is 0 Å². The number of methoxy groups -OCH3 is 1. The molecular weight excluding hydrogens is 343 g/mol. The van der Waals surface area contributed by atoms with Gasteiger partial charge < -0.3 is 4.74 Å². The smallest absolute Gasteiger partial charge is 0.337 e. The highest BCUT2D eigenvalue weighted by Gasteiger charge is 2.07. The SMILES string of the molecule is COC(=O)c1ccc(/C=C/C(=O)Nc2nc3ccc(F)cc3s2)cc1. The number of carbonyl (C=O) groups is 2. The first-order valence-electron chi connectivity index (χ1n) is 7.29. The van der Waals surface area contributed by atoms with Crippen LogP contribution in [0.25, 0.3) is 16.3 Å². The van der Waals surface area contributed by atoms with Gasteiger partial charge in [-0.25, -0.2) is 14.2 Å². The van der Waals surface area contributed by atoms with Crippen LogP contribution < -0.4 is 5.32 Å². The zero-order chi connectivity index (χ0) is 17.8. The van der Waals surface area contributed by atoms with Crippen molar-refractivity contribution in [2.75, 3.05) is 12.4 Å². The van der Waals surface area contributed by atoms with Crippen molar-refractivity contribution in [2.24, 2.45) is 0 Å². The van der Waals surface area contributed by atoms with Gasteiger partial charge >= 0.3 is 5.97 Å². The summed E-state index contributed by atoms with van der Waals surface area (Å²) in [4.78, 5) is 27.6. The highest BCUT2D eigenvalue weighted by atomic mass is 32.1. The Morgan fingerprint density at radius 1 is 1.20 bits per heavy atom. The number of nitrogens with one attached hydrogen (secondary N) is 1. The first kappa shape index (κ1) is 16.8. The molecule has 0 radical (unpaired) electrons. The quantitative estimate of drug-likeness (QED) is 0.569. The number of ether oxygens (including phenoxy) is 1. The second-order valence-electron chi connectivity index (χ2n) is 5.07. The second-order valence-corrected chi connectivity index (χ2v) is 6.10. The molecule has 1 aromatic heterocycles. The lowest BCUT2D eigenvalue weighted by molar-refractivity contribution is -0.111. The van der Waals surface area contributed by atoms with Gasteiger partial charge in [0.05, 0.1) is 22.9 Å². The number of carbonyl (C=O) groups excluding carboxylic acids is 2. The summed E-state index contributed by atoms with van der Waals surface area (Å²) in [6, 6.07) is 10.9. The normalized spacial score (nSPS) is 11.0. The van der Waals surface area contributed by atoms with Crippen LogP contribution in [0.15, 0.2) is 48.5 Å². The minimum absolute atomic E-state index is 0.343. The lowest BCUT2D eigenvalue weighted by Gasteiger charge is -1.99. The Labute approximate surface area is 146 Å². The Balaban J connectivity index is 1.66. The number of amides is 1. The molecule has 1 N–H and O–H groups in total. The number of hydrogen-bond acceptors (Lipinski definition) is 5. The van der Waals surface area contributed by atoms with Crippen LogP contribution >= 0.6 is 11.3 Å². The second kappa shape index (κ2) is 7.23. The number of rotatable bonds is 4. The van der Waals surface area contributed by atoms with E-state index in [4.69, 9.17) is 0 Å². The number of thiazole rings is 1. The molecule has 3 aromatic rings. The molecule has 0 saturated heterocycles. The molecule has 5 nitrogen and oxygen atoms in total. The van der Waals surface area contributed by atoms with Gasteiger partial charge in [-0.05, 0) is 42.0 Å². The van der Waals surface area contributed by atoms with Crippen LogP contribution in [0, 0.1) is 5.82 Å². The van der Waals surface area contributed by atoms with E-state index in [0.717, 1.165) is 5.56 Å². The Bertz CT molecular complexity index is 964. The molecule has 1 heterocycles. The van der Waals surface area contributed by atoms with E-state index >= 15 is 0 Å². The average Bonchev–Trinajstić information content (AvgIpc) is 3.01. The fourth-order valence-electron chi connectivity index (χ4n) is 2.12. The van der Waals surface area contributed by atoms with Gasteiger partial charge in [0.25, 0.3) is 0 Å². The largest absolute Gasteiger partial charge is 0.465 e. The predicted molar refractivity (Wildman–Crippen MR) is 95.0 cm³/mol. The van der Waals surface area contributed by atoms with E-state index in [1.807, 2.05) is 0 Å². The van der Waals surface area contributed by atoms with Crippen molar-refractivity contribution in [3.05, 3.63) is 65.5 Å². The predicted octanol–water partition coefficient (Wildman–Crippen LogP) is 3.87. The maximum atomic E-state index is 13.2. The molecular formula is C18H13FN2O3S. The van der Waals surface area contributed by atoms with Crippen molar-refractivity contribution in [1.29, 1.82) is 0 Å². The summed E-state index contributed by atoms with van der Waals surface area (Å²) >= 11 is 1.20. The van der Waals surface area contributed by atoms with Crippen LogP contribution in [0.4, 0.5) is 9.52 Å². The van der Waals surface area contributed by atoms with Gasteiger partial charge in [0.2, 0.25) is 5.91 Å². The molecule has 0 atom stereocenters. The summed E-state index contributed by atoms with van der Waals surface area (Å²) in [7, 11) is 1.32. The van der Waals surface area contributed by atoms with Gasteiger partial charge in [-0.3, -0.25) is 10.1 Å².